The summed E-state index contributed by atoms with van der Waals surface area (Å²) in [5.74, 6) is -0.434. The van der Waals surface area contributed by atoms with Crippen LogP contribution in [0.3, 0.4) is 0 Å². The van der Waals surface area contributed by atoms with Crippen molar-refractivity contribution in [2.45, 2.75) is 24.7 Å². The van der Waals surface area contributed by atoms with E-state index in [1.165, 1.54) is 28.6 Å². The van der Waals surface area contributed by atoms with Crippen LogP contribution in [0.25, 0.3) is 11.4 Å². The Morgan fingerprint density at radius 2 is 1.97 bits per heavy atom. The number of benzene rings is 2. The van der Waals surface area contributed by atoms with Crippen molar-refractivity contribution in [2.24, 2.45) is 5.92 Å². The number of rotatable bonds is 5. The molecule has 0 bridgehead atoms. The van der Waals surface area contributed by atoms with Crippen molar-refractivity contribution < 1.29 is 13.2 Å². The summed E-state index contributed by atoms with van der Waals surface area (Å²) in [6.45, 7) is 2.05. The average molecular weight is 521 g/mol. The number of sulfonamides is 1. The number of hydrogen-bond acceptors (Lipinski definition) is 5. The molecule has 11 heteroatoms. The van der Waals surface area contributed by atoms with Crippen molar-refractivity contribution >= 4 is 44.8 Å². The van der Waals surface area contributed by atoms with Gasteiger partial charge in [0.2, 0.25) is 15.9 Å². The van der Waals surface area contributed by atoms with Crippen molar-refractivity contribution in [1.82, 2.24) is 14.3 Å². The molecule has 1 saturated heterocycles. The van der Waals surface area contributed by atoms with E-state index >= 15 is 0 Å². The predicted octanol–water partition coefficient (Wildman–Crippen LogP) is 4.09. The molecule has 2 aromatic carbocycles. The van der Waals surface area contributed by atoms with Gasteiger partial charge in [0.1, 0.15) is 10.7 Å². The normalized spacial score (nSPS) is 16.9. The smallest absolute Gasteiger partial charge is 0.251 e. The number of carbonyl (C=O) groups excluding carboxylic acids is 1. The quantitative estimate of drug-likeness (QED) is 0.525. The Labute approximate surface area is 207 Å². The molecule has 2 N–H and O–H groups in total. The van der Waals surface area contributed by atoms with Crippen LogP contribution in [0.5, 0.6) is 0 Å². The number of nitrogens with zero attached hydrogens (tertiary/aromatic N) is 2. The van der Waals surface area contributed by atoms with E-state index in [1.54, 1.807) is 31.2 Å². The lowest BCUT2D eigenvalue weighted by atomic mass is 9.98. The van der Waals surface area contributed by atoms with Gasteiger partial charge in [-0.15, -0.1) is 0 Å². The topological polar surface area (TPSA) is 112 Å². The third-order valence-electron chi connectivity index (χ3n) is 5.54. The highest BCUT2D eigenvalue weighted by Gasteiger charge is 2.34. The Kier molecular flexibility index (Phi) is 7.09. The van der Waals surface area contributed by atoms with Crippen LogP contribution in [0.15, 0.2) is 58.2 Å². The van der Waals surface area contributed by atoms with E-state index in [0.29, 0.717) is 35.6 Å². The summed E-state index contributed by atoms with van der Waals surface area (Å²) in [5, 5.41) is 3.20. The molecular formula is C23H22Cl2N4O4S. The Morgan fingerprint density at radius 1 is 1.18 bits per heavy atom. The number of nitrogens with one attached hydrogen (secondary N) is 2. The number of aromatic nitrogens is 2. The molecule has 0 saturated carbocycles. The number of halogens is 2. The van der Waals surface area contributed by atoms with E-state index in [-0.39, 0.29) is 39.5 Å². The minimum Gasteiger partial charge on any atom is -0.326 e. The zero-order valence-corrected chi connectivity index (χ0v) is 20.5. The number of amides is 1. The first-order chi connectivity index (χ1) is 16.1. The standard InChI is InChI=1S/C23H22Cl2N4O4S/c1-14-10-21(30)28-22(26-14)15-4-2-6-18(11-15)27-23(31)16-5-3-9-29(13-16)34(32,33)20-12-17(24)7-8-19(20)25/h2,4,6-8,10-12,16H,3,5,9,13H2,1H3,(H,27,31)(H,26,28,30)/t16-/m1/s1. The molecule has 3 aromatic rings. The first kappa shape index (κ1) is 24.4. The summed E-state index contributed by atoms with van der Waals surface area (Å²) in [6.07, 6.45) is 1.08. The van der Waals surface area contributed by atoms with Crippen molar-refractivity contribution in [2.75, 3.05) is 18.4 Å². The van der Waals surface area contributed by atoms with Gasteiger partial charge in [0.05, 0.1) is 10.9 Å². The van der Waals surface area contributed by atoms with Crippen LogP contribution in [-0.2, 0) is 14.8 Å². The number of piperidine rings is 1. The van der Waals surface area contributed by atoms with Crippen molar-refractivity contribution in [3.05, 3.63) is 74.6 Å². The van der Waals surface area contributed by atoms with Crippen LogP contribution < -0.4 is 10.9 Å². The molecule has 0 aliphatic carbocycles. The highest BCUT2D eigenvalue weighted by molar-refractivity contribution is 7.89. The van der Waals surface area contributed by atoms with Gasteiger partial charge in [0.15, 0.2) is 0 Å². The lowest BCUT2D eigenvalue weighted by molar-refractivity contribution is -0.120. The van der Waals surface area contributed by atoms with E-state index in [9.17, 15) is 18.0 Å². The molecule has 1 fully saturated rings. The lowest BCUT2D eigenvalue weighted by Gasteiger charge is -2.31. The molecule has 1 aliphatic heterocycles. The van der Waals surface area contributed by atoms with Crippen LogP contribution >= 0.6 is 23.2 Å². The second-order valence-electron chi connectivity index (χ2n) is 8.08. The second-order valence-corrected chi connectivity index (χ2v) is 10.8. The second kappa shape index (κ2) is 9.87. The van der Waals surface area contributed by atoms with Gasteiger partial charge < -0.3 is 10.3 Å². The van der Waals surface area contributed by atoms with Crippen LogP contribution in [0.1, 0.15) is 18.5 Å². The predicted molar refractivity (Wildman–Crippen MR) is 132 cm³/mol. The molecule has 1 amide bonds. The lowest BCUT2D eigenvalue weighted by Crippen LogP contribution is -2.43. The fourth-order valence-corrected chi connectivity index (χ4v) is 6.15. The minimum absolute atomic E-state index is 0.0312. The number of H-pyrrole nitrogens is 1. The van der Waals surface area contributed by atoms with Gasteiger partial charge in [0.25, 0.3) is 5.56 Å². The maximum atomic E-state index is 13.2. The summed E-state index contributed by atoms with van der Waals surface area (Å²) >= 11 is 12.1. The van der Waals surface area contributed by atoms with E-state index in [0.717, 1.165) is 0 Å². The van der Waals surface area contributed by atoms with Crippen molar-refractivity contribution in [1.29, 1.82) is 0 Å². The maximum absolute atomic E-state index is 13.2. The van der Waals surface area contributed by atoms with Gasteiger partial charge in [-0.25, -0.2) is 13.4 Å². The van der Waals surface area contributed by atoms with Crippen LogP contribution in [0.2, 0.25) is 10.0 Å². The SMILES string of the molecule is Cc1cc(=O)[nH]c(-c2cccc(NC(=O)[C@@H]3CCCN(S(=O)(=O)c4cc(Cl)ccc4Cl)C3)c2)n1. The van der Waals surface area contributed by atoms with Gasteiger partial charge >= 0.3 is 0 Å². The molecule has 0 unspecified atom stereocenters. The minimum atomic E-state index is -3.91. The fourth-order valence-electron chi connectivity index (χ4n) is 3.89. The van der Waals surface area contributed by atoms with E-state index in [1.807, 2.05) is 0 Å². The molecule has 178 valence electrons. The summed E-state index contributed by atoms with van der Waals surface area (Å²) in [6, 6.07) is 12.6. The molecule has 0 spiro atoms. The Morgan fingerprint density at radius 3 is 2.74 bits per heavy atom. The average Bonchev–Trinajstić information content (AvgIpc) is 2.80. The highest BCUT2D eigenvalue weighted by atomic mass is 35.5. The first-order valence-corrected chi connectivity index (χ1v) is 12.8. The summed E-state index contributed by atoms with van der Waals surface area (Å²) < 4.78 is 27.6. The number of hydrogen-bond donors (Lipinski definition) is 2. The van der Waals surface area contributed by atoms with Crippen LogP contribution in [0, 0.1) is 12.8 Å². The number of anilines is 1. The van der Waals surface area contributed by atoms with Crippen LogP contribution in [0.4, 0.5) is 5.69 Å². The number of aromatic amines is 1. The molecule has 1 atom stereocenters. The fraction of sp³-hybridized carbons (Fsp3) is 0.261. The zero-order chi connectivity index (χ0) is 24.5. The van der Waals surface area contributed by atoms with E-state index < -0.39 is 15.9 Å². The molecule has 1 aromatic heterocycles. The molecule has 1 aliphatic rings. The maximum Gasteiger partial charge on any atom is 0.251 e. The highest BCUT2D eigenvalue weighted by Crippen LogP contribution is 2.31. The molecule has 0 radical (unpaired) electrons. The van der Waals surface area contributed by atoms with Gasteiger partial charge in [0, 0.05) is 41.1 Å². The van der Waals surface area contributed by atoms with Gasteiger partial charge in [-0.3, -0.25) is 9.59 Å². The van der Waals surface area contributed by atoms with Gasteiger partial charge in [-0.2, -0.15) is 4.31 Å². The summed E-state index contributed by atoms with van der Waals surface area (Å²) in [4.78, 5) is 31.7. The first-order valence-electron chi connectivity index (χ1n) is 10.6. The Balaban J connectivity index is 1.51. The van der Waals surface area contributed by atoms with Crippen LogP contribution in [-0.4, -0.2) is 41.7 Å². The molecular weight excluding hydrogens is 499 g/mol. The van der Waals surface area contributed by atoms with Crippen molar-refractivity contribution in [3.8, 4) is 11.4 Å². The Hall–Kier alpha value is -2.72. The molecule has 4 rings (SSSR count). The monoisotopic (exact) mass is 520 g/mol. The number of aryl methyl sites for hydroxylation is 1. The van der Waals surface area contributed by atoms with Crippen molar-refractivity contribution in [3.63, 3.8) is 0 Å². The van der Waals surface area contributed by atoms with E-state index in [2.05, 4.69) is 15.3 Å². The molecule has 8 nitrogen and oxygen atoms in total. The van der Waals surface area contributed by atoms with Gasteiger partial charge in [-0.1, -0.05) is 35.3 Å². The zero-order valence-electron chi connectivity index (χ0n) is 18.2. The number of carbonyl (C=O) groups is 1. The molecule has 2 heterocycles. The molecule has 34 heavy (non-hydrogen) atoms. The van der Waals surface area contributed by atoms with E-state index in [4.69, 9.17) is 23.2 Å². The summed E-state index contributed by atoms with van der Waals surface area (Å²) in [5.41, 5.74) is 1.48. The third kappa shape index (κ3) is 5.33. The summed E-state index contributed by atoms with van der Waals surface area (Å²) in [7, 11) is -3.91. The Bertz CT molecular complexity index is 1410. The van der Waals surface area contributed by atoms with Gasteiger partial charge in [-0.05, 0) is 50.1 Å². The largest absolute Gasteiger partial charge is 0.326 e. The third-order valence-corrected chi connectivity index (χ3v) is 8.12.